The predicted molar refractivity (Wildman–Crippen MR) is 80.2 cm³/mol. The molecular formula is C16H22N2O3. The van der Waals surface area contributed by atoms with Gasteiger partial charge >= 0.3 is 0 Å². The molecule has 0 aliphatic heterocycles. The molecule has 0 bridgehead atoms. The lowest BCUT2D eigenvalue weighted by Gasteiger charge is -2.06. The van der Waals surface area contributed by atoms with Gasteiger partial charge in [0.1, 0.15) is 5.75 Å². The first-order chi connectivity index (χ1) is 10.1. The maximum atomic E-state index is 12.0. The van der Waals surface area contributed by atoms with Crippen LogP contribution in [-0.2, 0) is 9.59 Å². The SMILES string of the molecule is COc1ccc(C2CC2C(=O)NCCCNC(C)=O)cc1. The summed E-state index contributed by atoms with van der Waals surface area (Å²) < 4.78 is 5.13. The second-order valence-electron chi connectivity index (χ2n) is 5.35. The van der Waals surface area contributed by atoms with Crippen LogP contribution >= 0.6 is 0 Å². The van der Waals surface area contributed by atoms with Gasteiger partial charge < -0.3 is 15.4 Å². The zero-order valence-electron chi connectivity index (χ0n) is 12.5. The van der Waals surface area contributed by atoms with Crippen molar-refractivity contribution in [3.05, 3.63) is 29.8 Å². The molecule has 5 heteroatoms. The second-order valence-corrected chi connectivity index (χ2v) is 5.35. The van der Waals surface area contributed by atoms with Crippen LogP contribution in [0.2, 0.25) is 0 Å². The quantitative estimate of drug-likeness (QED) is 0.747. The normalized spacial score (nSPS) is 19.7. The van der Waals surface area contributed by atoms with Crippen LogP contribution in [0, 0.1) is 5.92 Å². The molecule has 1 saturated carbocycles. The maximum absolute atomic E-state index is 12.0. The molecule has 0 aromatic heterocycles. The average Bonchev–Trinajstić information content (AvgIpc) is 3.27. The molecule has 2 rings (SSSR count). The zero-order valence-corrected chi connectivity index (χ0v) is 12.5. The van der Waals surface area contributed by atoms with Crippen molar-refractivity contribution in [2.45, 2.75) is 25.7 Å². The van der Waals surface area contributed by atoms with E-state index in [0.717, 1.165) is 18.6 Å². The molecule has 1 aliphatic carbocycles. The van der Waals surface area contributed by atoms with Gasteiger partial charge in [0.15, 0.2) is 0 Å². The molecule has 21 heavy (non-hydrogen) atoms. The third-order valence-corrected chi connectivity index (χ3v) is 3.70. The van der Waals surface area contributed by atoms with Gasteiger partial charge in [0.05, 0.1) is 7.11 Å². The highest BCUT2D eigenvalue weighted by Crippen LogP contribution is 2.47. The Morgan fingerprint density at radius 3 is 2.48 bits per heavy atom. The van der Waals surface area contributed by atoms with Crippen LogP contribution in [0.4, 0.5) is 0 Å². The van der Waals surface area contributed by atoms with Crippen LogP contribution in [0.1, 0.15) is 31.2 Å². The van der Waals surface area contributed by atoms with E-state index in [9.17, 15) is 9.59 Å². The smallest absolute Gasteiger partial charge is 0.223 e. The number of hydrogen-bond donors (Lipinski definition) is 2. The summed E-state index contributed by atoms with van der Waals surface area (Å²) in [5.41, 5.74) is 1.19. The number of ether oxygens (including phenoxy) is 1. The summed E-state index contributed by atoms with van der Waals surface area (Å²) in [6.07, 6.45) is 1.66. The van der Waals surface area contributed by atoms with E-state index in [0.29, 0.717) is 19.0 Å². The van der Waals surface area contributed by atoms with Crippen molar-refractivity contribution in [1.82, 2.24) is 10.6 Å². The number of rotatable bonds is 7. The average molecular weight is 290 g/mol. The topological polar surface area (TPSA) is 67.4 Å². The summed E-state index contributed by atoms with van der Waals surface area (Å²) in [7, 11) is 1.64. The molecule has 0 heterocycles. The number of nitrogens with one attached hydrogen (secondary N) is 2. The molecule has 1 aromatic carbocycles. The first-order valence-electron chi connectivity index (χ1n) is 7.28. The fourth-order valence-electron chi connectivity index (χ4n) is 2.40. The summed E-state index contributed by atoms with van der Waals surface area (Å²) in [5, 5.41) is 5.63. The minimum Gasteiger partial charge on any atom is -0.497 e. The van der Waals surface area contributed by atoms with Crippen molar-refractivity contribution in [2.75, 3.05) is 20.2 Å². The molecule has 2 atom stereocenters. The maximum Gasteiger partial charge on any atom is 0.223 e. The highest BCUT2D eigenvalue weighted by molar-refractivity contribution is 5.82. The van der Waals surface area contributed by atoms with E-state index in [-0.39, 0.29) is 17.7 Å². The van der Waals surface area contributed by atoms with Crippen molar-refractivity contribution in [1.29, 1.82) is 0 Å². The van der Waals surface area contributed by atoms with Crippen LogP contribution in [0.15, 0.2) is 24.3 Å². The van der Waals surface area contributed by atoms with Gasteiger partial charge in [0.25, 0.3) is 0 Å². The number of benzene rings is 1. The summed E-state index contributed by atoms with van der Waals surface area (Å²) in [6.45, 7) is 2.69. The lowest BCUT2D eigenvalue weighted by Crippen LogP contribution is -2.29. The number of hydrogen-bond acceptors (Lipinski definition) is 3. The number of carbonyl (C=O) groups is 2. The van der Waals surface area contributed by atoms with E-state index in [1.807, 2.05) is 24.3 Å². The largest absolute Gasteiger partial charge is 0.497 e. The van der Waals surface area contributed by atoms with Gasteiger partial charge in [-0.25, -0.2) is 0 Å². The first kappa shape index (κ1) is 15.4. The molecule has 0 radical (unpaired) electrons. The van der Waals surface area contributed by atoms with Crippen molar-refractivity contribution >= 4 is 11.8 Å². The Morgan fingerprint density at radius 2 is 1.86 bits per heavy atom. The van der Waals surface area contributed by atoms with Crippen molar-refractivity contribution < 1.29 is 14.3 Å². The first-order valence-corrected chi connectivity index (χ1v) is 7.28. The van der Waals surface area contributed by atoms with Gasteiger partial charge in [-0.3, -0.25) is 9.59 Å². The minimum atomic E-state index is -0.0388. The Morgan fingerprint density at radius 1 is 1.19 bits per heavy atom. The van der Waals surface area contributed by atoms with Crippen molar-refractivity contribution in [3.63, 3.8) is 0 Å². The Labute approximate surface area is 125 Å². The summed E-state index contributed by atoms with van der Waals surface area (Å²) in [4.78, 5) is 22.7. The molecule has 1 fully saturated rings. The van der Waals surface area contributed by atoms with Crippen LogP contribution in [0.3, 0.4) is 0 Å². The molecule has 1 aliphatic rings. The van der Waals surface area contributed by atoms with Crippen LogP contribution in [0.5, 0.6) is 5.75 Å². The van der Waals surface area contributed by atoms with Gasteiger partial charge in [-0.15, -0.1) is 0 Å². The fourth-order valence-corrected chi connectivity index (χ4v) is 2.40. The lowest BCUT2D eigenvalue weighted by atomic mass is 10.1. The Balaban J connectivity index is 1.69. The van der Waals surface area contributed by atoms with Gasteiger partial charge in [-0.2, -0.15) is 0 Å². The van der Waals surface area contributed by atoms with Gasteiger partial charge in [0, 0.05) is 25.9 Å². The molecule has 2 N–H and O–H groups in total. The Bertz CT molecular complexity index is 499. The summed E-state index contributed by atoms with van der Waals surface area (Å²) in [6, 6.07) is 7.90. The summed E-state index contributed by atoms with van der Waals surface area (Å²) >= 11 is 0. The van der Waals surface area contributed by atoms with E-state index < -0.39 is 0 Å². The summed E-state index contributed by atoms with van der Waals surface area (Å²) in [5.74, 6) is 1.31. The van der Waals surface area contributed by atoms with E-state index in [4.69, 9.17) is 4.74 Å². The molecule has 0 spiro atoms. The molecular weight excluding hydrogens is 268 g/mol. The highest BCUT2D eigenvalue weighted by Gasteiger charge is 2.43. The molecule has 0 saturated heterocycles. The fraction of sp³-hybridized carbons (Fsp3) is 0.500. The predicted octanol–water partition coefficient (Wildman–Crippen LogP) is 1.44. The molecule has 5 nitrogen and oxygen atoms in total. The van der Waals surface area contributed by atoms with Crippen LogP contribution in [-0.4, -0.2) is 32.0 Å². The Kier molecular flexibility index (Phi) is 5.20. The van der Waals surface area contributed by atoms with E-state index in [2.05, 4.69) is 10.6 Å². The van der Waals surface area contributed by atoms with E-state index >= 15 is 0 Å². The third-order valence-electron chi connectivity index (χ3n) is 3.70. The molecule has 2 unspecified atom stereocenters. The number of methoxy groups -OCH3 is 1. The second kappa shape index (κ2) is 7.11. The standard InChI is InChI=1S/C16H22N2O3/c1-11(19)17-8-3-9-18-16(20)15-10-14(15)12-4-6-13(21-2)7-5-12/h4-7,14-15H,3,8-10H2,1-2H3,(H,17,19)(H,18,20). The number of carbonyl (C=O) groups excluding carboxylic acids is 2. The van der Waals surface area contributed by atoms with E-state index in [1.54, 1.807) is 7.11 Å². The zero-order chi connectivity index (χ0) is 15.2. The van der Waals surface area contributed by atoms with Gasteiger partial charge in [-0.1, -0.05) is 12.1 Å². The Hall–Kier alpha value is -2.04. The minimum absolute atomic E-state index is 0.0388. The molecule has 1 aromatic rings. The van der Waals surface area contributed by atoms with E-state index in [1.165, 1.54) is 12.5 Å². The monoisotopic (exact) mass is 290 g/mol. The van der Waals surface area contributed by atoms with Crippen molar-refractivity contribution in [3.8, 4) is 5.75 Å². The highest BCUT2D eigenvalue weighted by atomic mass is 16.5. The lowest BCUT2D eigenvalue weighted by molar-refractivity contribution is -0.122. The van der Waals surface area contributed by atoms with Crippen molar-refractivity contribution in [2.24, 2.45) is 5.92 Å². The van der Waals surface area contributed by atoms with Crippen LogP contribution in [0.25, 0.3) is 0 Å². The third kappa shape index (κ3) is 4.48. The number of amides is 2. The van der Waals surface area contributed by atoms with Crippen LogP contribution < -0.4 is 15.4 Å². The van der Waals surface area contributed by atoms with Gasteiger partial charge in [0.2, 0.25) is 11.8 Å². The molecule has 2 amide bonds. The van der Waals surface area contributed by atoms with Gasteiger partial charge in [-0.05, 0) is 36.5 Å². The molecule has 114 valence electrons.